The van der Waals surface area contributed by atoms with Gasteiger partial charge in [-0.15, -0.1) is 0 Å². The molecule has 0 radical (unpaired) electrons. The molecular weight excluding hydrogens is 1580 g/mol. The van der Waals surface area contributed by atoms with Gasteiger partial charge in [-0.2, -0.15) is 0 Å². The van der Waals surface area contributed by atoms with Crippen molar-refractivity contribution >= 4 is 38.2 Å². The van der Waals surface area contributed by atoms with Gasteiger partial charge >= 0.3 is 29.6 Å². The molecule has 6 rings (SSSR count). The van der Waals surface area contributed by atoms with Gasteiger partial charge in [0.15, 0.2) is 5.82 Å². The zero-order valence-electron chi connectivity index (χ0n) is 70.6. The van der Waals surface area contributed by atoms with Gasteiger partial charge in [0.05, 0.1) is 340 Å². The molecule has 6 aromatic rings. The first-order valence-electron chi connectivity index (χ1n) is 40.9. The molecule has 35 heteroatoms. The van der Waals surface area contributed by atoms with E-state index < -0.39 is 21.5 Å². The van der Waals surface area contributed by atoms with Crippen LogP contribution in [0, 0.1) is 0 Å². The molecule has 2 aromatic heterocycles. The summed E-state index contributed by atoms with van der Waals surface area (Å²) in [5.41, 5.74) is 4.31. The van der Waals surface area contributed by atoms with Crippen molar-refractivity contribution in [3.8, 4) is 0 Å². The van der Waals surface area contributed by atoms with Crippen LogP contribution in [0.4, 0.5) is 5.82 Å². The molecular formula is C84H131N4NaO29S. The predicted molar refractivity (Wildman–Crippen MR) is 438 cm³/mol. The summed E-state index contributed by atoms with van der Waals surface area (Å²) < 4.78 is 177. The number of ether oxygens (including phenoxy) is 25. The van der Waals surface area contributed by atoms with Crippen molar-refractivity contribution in [1.29, 1.82) is 0 Å². The molecule has 0 aliphatic heterocycles. The van der Waals surface area contributed by atoms with Crippen LogP contribution in [-0.4, -0.2) is 357 Å². The maximum atomic E-state index is 10.3. The second kappa shape index (κ2) is 70.7. The topological polar surface area (TPSA) is 340 Å². The smallest absolute Gasteiger partial charge is 0.726 e. The number of aromatic nitrogens is 3. The Morgan fingerprint density at radius 2 is 0.571 bits per heavy atom. The third-order valence-electron chi connectivity index (χ3n) is 16.9. The maximum Gasteiger partial charge on any atom is 1.00 e. The number of rotatable bonds is 84. The number of benzene rings is 4. The molecule has 0 amide bonds. The van der Waals surface area contributed by atoms with E-state index in [2.05, 4.69) is 113 Å². The molecule has 33 nitrogen and oxygen atoms in total. The van der Waals surface area contributed by atoms with Gasteiger partial charge in [0.1, 0.15) is 23.5 Å². The largest absolute Gasteiger partial charge is 1.00 e. The van der Waals surface area contributed by atoms with Crippen molar-refractivity contribution in [2.24, 2.45) is 0 Å². The first kappa shape index (κ1) is 105. The average molecular weight is 1720 g/mol. The van der Waals surface area contributed by atoms with E-state index in [0.717, 1.165) is 44.5 Å². The summed E-state index contributed by atoms with van der Waals surface area (Å²) in [5.74, 6) is 1.44. The fourth-order valence-electron chi connectivity index (χ4n) is 11.3. The Bertz CT molecular complexity index is 3350. The summed E-state index contributed by atoms with van der Waals surface area (Å²) in [6.45, 7) is 27.7. The fourth-order valence-corrected chi connectivity index (χ4v) is 11.6. The van der Waals surface area contributed by atoms with Crippen LogP contribution in [0.15, 0.2) is 115 Å². The molecule has 0 aliphatic carbocycles. The van der Waals surface area contributed by atoms with Crippen molar-refractivity contribution in [3.05, 3.63) is 138 Å². The minimum Gasteiger partial charge on any atom is -0.726 e. The summed E-state index contributed by atoms with van der Waals surface area (Å²) in [6, 6.07) is 39.8. The standard InChI is InChI=1S/C84H132N4O29S.Na/c1-4-92-72-79-86-80-81(77-22-14-15-23-78(77)85-82(80)87-84(74-16-8-5-9-17-74,75-18-10-6-11-19-75)76-20-12-7-13-21-76)88(79)73-83(2,3)116-70-68-114-66-64-112-62-60-110-58-56-108-54-52-106-50-48-104-46-44-102-42-40-100-38-36-98-34-32-96-30-28-94-26-24-93-25-27-95-29-31-97-33-35-99-37-39-101-41-43-103-45-47-105-49-51-107-53-55-109-57-59-111-61-63-113-65-67-115-69-71-117-118(89,90)91;/h5-23H,4,24-73H2,1-3H3,(H,85,87)(H,89,90,91);/q;+1/p-1. The number of para-hydroxylation sites is 1. The fraction of sp³-hybridized carbons (Fsp3) is 0.667. The number of nitrogens with zero attached hydrogens (tertiary/aromatic N) is 3. The van der Waals surface area contributed by atoms with E-state index in [-0.39, 0.29) is 49.4 Å². The van der Waals surface area contributed by atoms with Gasteiger partial charge in [-0.25, -0.2) is 18.4 Å². The number of nitrogens with one attached hydrogen (secondary N) is 1. The van der Waals surface area contributed by atoms with Crippen molar-refractivity contribution in [3.63, 3.8) is 0 Å². The van der Waals surface area contributed by atoms with Crippen LogP contribution in [0.5, 0.6) is 0 Å². The number of hydrogen-bond donors (Lipinski definition) is 1. The van der Waals surface area contributed by atoms with E-state index in [4.69, 9.17) is 128 Å². The quantitative estimate of drug-likeness (QED) is 0.0184. The SMILES string of the molecule is CCOCc1nc2c(NC(c3ccccc3)(c3ccccc3)c3ccccc3)nc3ccccc3c2n1CC(C)(C)OCCOCCOCCOCCOCCOCCOCCOCCOCCOCCOCCOCCOCCOCCOCCOCCOCCOCCOCCOCCOCCOCCOCCOCCOS(=O)(=O)[O-].[Na+]. The molecule has 2 heterocycles. The maximum absolute atomic E-state index is 10.3. The number of hydrogen-bond acceptors (Lipinski definition) is 32. The molecule has 0 fully saturated rings. The molecule has 119 heavy (non-hydrogen) atoms. The normalized spacial score (nSPS) is 12.1. The Kier molecular flexibility index (Phi) is 62.3. The minimum atomic E-state index is -4.69. The van der Waals surface area contributed by atoms with Gasteiger partial charge in [-0.1, -0.05) is 109 Å². The average Bonchev–Trinajstić information content (AvgIpc) is 1.69. The Labute approximate surface area is 725 Å². The monoisotopic (exact) mass is 1710 g/mol. The summed E-state index contributed by atoms with van der Waals surface area (Å²) >= 11 is 0. The molecule has 0 unspecified atom stereocenters. The molecule has 668 valence electrons. The zero-order chi connectivity index (χ0) is 83.3. The molecule has 0 spiro atoms. The second-order valence-corrected chi connectivity index (χ2v) is 27.4. The molecule has 0 bridgehead atoms. The third-order valence-corrected chi connectivity index (χ3v) is 17.4. The van der Waals surface area contributed by atoms with Crippen molar-refractivity contribution < 1.29 is 165 Å². The van der Waals surface area contributed by atoms with Crippen molar-refractivity contribution in [1.82, 2.24) is 14.5 Å². The Balaban J connectivity index is 0.0000252. The van der Waals surface area contributed by atoms with Gasteiger partial charge in [-0.3, -0.25) is 4.18 Å². The van der Waals surface area contributed by atoms with E-state index >= 15 is 0 Å². The Morgan fingerprint density at radius 1 is 0.328 bits per heavy atom. The van der Waals surface area contributed by atoms with E-state index in [1.807, 2.05) is 37.3 Å². The van der Waals surface area contributed by atoms with Crippen LogP contribution in [0.3, 0.4) is 0 Å². The second-order valence-electron chi connectivity index (χ2n) is 26.3. The van der Waals surface area contributed by atoms with Gasteiger partial charge in [0, 0.05) is 12.0 Å². The molecule has 0 saturated heterocycles. The molecule has 4 aromatic carbocycles. The Morgan fingerprint density at radius 3 is 0.832 bits per heavy atom. The van der Waals surface area contributed by atoms with Crippen LogP contribution in [0.2, 0.25) is 0 Å². The molecule has 0 atom stereocenters. The van der Waals surface area contributed by atoms with Crippen LogP contribution in [0.1, 0.15) is 43.3 Å². The predicted octanol–water partition coefficient (Wildman–Crippen LogP) is 4.18. The van der Waals surface area contributed by atoms with Crippen molar-refractivity contribution in [2.75, 3.05) is 329 Å². The zero-order valence-corrected chi connectivity index (χ0v) is 73.4. The van der Waals surface area contributed by atoms with Gasteiger partial charge in [0.2, 0.25) is 10.4 Å². The summed E-state index contributed by atoms with van der Waals surface area (Å²) in [5, 5.41) is 5.01. The van der Waals surface area contributed by atoms with E-state index in [1.165, 1.54) is 0 Å². The van der Waals surface area contributed by atoms with Gasteiger partial charge in [0.25, 0.3) is 0 Å². The van der Waals surface area contributed by atoms with Gasteiger partial charge in [-0.05, 0) is 43.5 Å². The first-order chi connectivity index (χ1) is 58.1. The van der Waals surface area contributed by atoms with E-state index in [1.54, 1.807) is 0 Å². The van der Waals surface area contributed by atoms with Crippen LogP contribution >= 0.6 is 0 Å². The first-order valence-corrected chi connectivity index (χ1v) is 42.3. The number of imidazole rings is 1. The molecule has 0 saturated carbocycles. The summed E-state index contributed by atoms with van der Waals surface area (Å²) in [6.07, 6.45) is 0. The van der Waals surface area contributed by atoms with E-state index in [0.29, 0.717) is 323 Å². The number of pyridine rings is 1. The number of anilines is 1. The Hall–Kier alpha value is -4.57. The summed E-state index contributed by atoms with van der Waals surface area (Å²) in [7, 11) is -4.69. The van der Waals surface area contributed by atoms with Crippen molar-refractivity contribution in [2.45, 2.75) is 45.1 Å². The molecule has 1 N–H and O–H groups in total. The van der Waals surface area contributed by atoms with Crippen LogP contribution in [-0.2, 0) is 152 Å². The minimum absolute atomic E-state index is 0. The third kappa shape index (κ3) is 49.6. The van der Waals surface area contributed by atoms with Crippen LogP contribution in [0.25, 0.3) is 21.9 Å². The van der Waals surface area contributed by atoms with E-state index in [9.17, 15) is 13.0 Å². The van der Waals surface area contributed by atoms with Gasteiger partial charge < -0.3 is 133 Å². The van der Waals surface area contributed by atoms with Crippen LogP contribution < -0.4 is 34.9 Å². The molecule has 0 aliphatic rings. The summed E-state index contributed by atoms with van der Waals surface area (Å²) in [4.78, 5) is 10.7. The number of fused-ring (bicyclic) bond motifs is 3.